The van der Waals surface area contributed by atoms with E-state index >= 15 is 0 Å². The number of carbonyl (C=O) groups is 5. The molecule has 1 amide bonds. The number of methoxy groups -OCH3 is 3. The van der Waals surface area contributed by atoms with Gasteiger partial charge in [-0.1, -0.05) is 63.8 Å². The van der Waals surface area contributed by atoms with Crippen molar-refractivity contribution in [2.45, 2.75) is 221 Å². The third-order valence-electron chi connectivity index (χ3n) is 15.5. The van der Waals surface area contributed by atoms with E-state index in [1.54, 1.807) is 13.8 Å². The molecule has 27 heteroatoms. The van der Waals surface area contributed by atoms with Crippen LogP contribution in [0.5, 0.6) is 0 Å². The highest BCUT2D eigenvalue weighted by Crippen LogP contribution is 2.37. The number of carboxylic acid groups (broad SMARTS) is 1. The Hall–Kier alpha value is -5.01. The number of carboxylic acids is 1. The molecule has 1 aromatic rings. The van der Waals surface area contributed by atoms with Crippen molar-refractivity contribution in [1.29, 1.82) is 0 Å². The Bertz CT molecular complexity index is 2410. The number of nitrogens with zero attached hydrogens (tertiary/aromatic N) is 3. The maximum atomic E-state index is 14.7. The van der Waals surface area contributed by atoms with Gasteiger partial charge < -0.3 is 83.5 Å². The van der Waals surface area contributed by atoms with Gasteiger partial charge in [0.1, 0.15) is 79.3 Å². The molecule has 4 fully saturated rings. The average molecular weight is 1180 g/mol. The Morgan fingerprint density at radius 1 is 0.771 bits per heavy atom. The molecular formula is C56H89N5O22. The molecule has 4 aliphatic rings. The zero-order chi connectivity index (χ0) is 61.1. The van der Waals surface area contributed by atoms with Crippen LogP contribution in [0.1, 0.15) is 117 Å². The normalized spacial score (nSPS) is 31.7. The average Bonchev–Trinajstić information content (AvgIpc) is 3.20. The number of H-pyrrole nitrogens is 1. The summed E-state index contributed by atoms with van der Waals surface area (Å²) in [6.07, 6.45) is -3.70. The van der Waals surface area contributed by atoms with Gasteiger partial charge in [0.05, 0.1) is 12.5 Å². The number of ether oxygens (including phenoxy) is 10. The van der Waals surface area contributed by atoms with Crippen LogP contribution in [0.3, 0.4) is 0 Å². The lowest BCUT2D eigenvalue weighted by Crippen LogP contribution is -2.59. The number of carbonyl (C=O) groups excluding carboxylic acids is 4. The van der Waals surface area contributed by atoms with E-state index in [1.165, 1.54) is 52.5 Å². The molecular weight excluding hydrogens is 1090 g/mol. The Balaban J connectivity index is 1.32. The number of likely N-dealkylation sites (N-methyl/N-ethyl adjacent to an activating group) is 2. The quantitative estimate of drug-likeness (QED) is 0.0224. The minimum absolute atomic E-state index is 0.206. The number of nitrogens with one attached hydrogen (secondary N) is 1. The Kier molecular flexibility index (Phi) is 27.9. The lowest BCUT2D eigenvalue weighted by molar-refractivity contribution is -0.297. The van der Waals surface area contributed by atoms with E-state index in [0.29, 0.717) is 6.42 Å². The van der Waals surface area contributed by atoms with Gasteiger partial charge in [-0.05, 0) is 64.8 Å². The molecule has 83 heavy (non-hydrogen) atoms. The van der Waals surface area contributed by atoms with Crippen molar-refractivity contribution in [3.8, 4) is 0 Å². The maximum absolute atomic E-state index is 14.7. The van der Waals surface area contributed by atoms with Crippen LogP contribution < -0.4 is 17.0 Å². The summed E-state index contributed by atoms with van der Waals surface area (Å²) >= 11 is 0. The summed E-state index contributed by atoms with van der Waals surface area (Å²) in [6.45, 7) is 4.76. The number of esters is 3. The van der Waals surface area contributed by atoms with E-state index < -0.39 is 170 Å². The predicted octanol–water partition coefficient (Wildman–Crippen LogP) is 0.558. The first-order chi connectivity index (χ1) is 39.6. The lowest BCUT2D eigenvalue weighted by atomic mass is 9.97. The van der Waals surface area contributed by atoms with Crippen LogP contribution in [0.2, 0.25) is 0 Å². The van der Waals surface area contributed by atoms with E-state index in [2.05, 4.69) is 31.2 Å². The molecule has 0 radical (unpaired) electrons. The number of amides is 1. The highest BCUT2D eigenvalue weighted by atomic mass is 16.7. The number of aliphatic hydroxyl groups excluding tert-OH is 4. The molecule has 0 saturated carbocycles. The van der Waals surface area contributed by atoms with E-state index in [1.807, 2.05) is 4.98 Å². The number of aliphatic hydroxyl groups is 4. The van der Waals surface area contributed by atoms with Crippen LogP contribution in [0.4, 0.5) is 0 Å². The van der Waals surface area contributed by atoms with E-state index in [4.69, 9.17) is 53.1 Å². The molecule has 0 aromatic carbocycles. The highest BCUT2D eigenvalue weighted by Gasteiger charge is 2.57. The van der Waals surface area contributed by atoms with Gasteiger partial charge in [-0.15, -0.1) is 0 Å². The number of aromatic nitrogens is 2. The Morgan fingerprint density at radius 2 is 1.41 bits per heavy atom. The van der Waals surface area contributed by atoms with Crippen molar-refractivity contribution in [2.75, 3.05) is 48.5 Å². The van der Waals surface area contributed by atoms with E-state index in [0.717, 1.165) is 67.3 Å². The molecule has 8 N–H and O–H groups in total. The van der Waals surface area contributed by atoms with Crippen molar-refractivity contribution in [3.05, 3.63) is 57.4 Å². The number of nitrogens with two attached hydrogens (primary N) is 1. The first kappa shape index (κ1) is 68.8. The molecule has 19 unspecified atom stereocenters. The van der Waals surface area contributed by atoms with Crippen molar-refractivity contribution < 1.29 is 96.9 Å². The number of aromatic amines is 1. The topological polar surface area (TPSA) is 366 Å². The number of hydrogen-bond acceptors (Lipinski definition) is 23. The molecule has 1 aromatic heterocycles. The number of aliphatic carboxylic acids is 1. The van der Waals surface area contributed by atoms with Crippen molar-refractivity contribution in [3.63, 3.8) is 0 Å². The zero-order valence-corrected chi connectivity index (χ0v) is 48.8. The van der Waals surface area contributed by atoms with Crippen molar-refractivity contribution in [2.24, 2.45) is 11.7 Å². The summed E-state index contributed by atoms with van der Waals surface area (Å²) in [6, 6.07) is -2.62. The summed E-state index contributed by atoms with van der Waals surface area (Å²) in [5, 5.41) is 55.3. The first-order valence-electron chi connectivity index (χ1n) is 28.6. The standard InChI is InChI=1S/C56H89N5O22/c1-9-10-11-12-13-14-15-16-17-18-19-20-21-22-23-33(78-37(63)26-31(2)27-38(64)81-55-50(76-8)49(75-7)46(74-6)32(3)77-55)28-39(65)79-35-30-59(4)41(51(70)60(5)40(35)53(71)72)47(83-54-45(69)42(66)34(29-57)80-54)48-43(67)44(68)52(82-48)61-25-24-36(62)58-56(61)73/h13-14,16-17,24-25,31-35,40-50,52,54-55,66-69H,9-12,15,18-23,26-30,57H2,1-8H3,(H,71,72)(H,58,62,73). The molecule has 0 spiro atoms. The number of rotatable bonds is 32. The molecule has 4 aliphatic heterocycles. The SMILES string of the molecule is CCCCCC=CCC=CCCCCCCC(CC(=O)OC1CN(C)C(C(OC2OC(CN)C(O)C2O)C2OC(n3ccc(=O)[nH]c3=O)C(O)C2O)C(=O)N(C)C1C(=O)O)OC(=O)CC(C)CC(=O)OC1OC(C)C(OC)C(OC)C1OC. The van der Waals surface area contributed by atoms with Gasteiger partial charge >= 0.3 is 29.6 Å². The van der Waals surface area contributed by atoms with Crippen LogP contribution in [-0.2, 0) is 71.3 Å². The first-order valence-corrected chi connectivity index (χ1v) is 28.6. The summed E-state index contributed by atoms with van der Waals surface area (Å²) < 4.78 is 58.8. The second-order valence-corrected chi connectivity index (χ2v) is 21.8. The molecule has 470 valence electrons. The number of hydrogen-bond donors (Lipinski definition) is 7. The second kappa shape index (κ2) is 33.6. The molecule has 5 heterocycles. The molecule has 27 nitrogen and oxygen atoms in total. The molecule has 4 saturated heterocycles. The molecule has 0 bridgehead atoms. The van der Waals surface area contributed by atoms with Gasteiger partial charge in [-0.3, -0.25) is 38.4 Å². The Labute approximate surface area is 483 Å². The summed E-state index contributed by atoms with van der Waals surface area (Å²) in [4.78, 5) is 97.8. The van der Waals surface area contributed by atoms with E-state index in [9.17, 15) is 59.1 Å². The third-order valence-corrected chi connectivity index (χ3v) is 15.5. The van der Waals surface area contributed by atoms with Gasteiger partial charge in [0.2, 0.25) is 12.2 Å². The number of allylic oxidation sites excluding steroid dienone is 4. The van der Waals surface area contributed by atoms with Gasteiger partial charge in [0.15, 0.2) is 18.6 Å². The van der Waals surface area contributed by atoms with Crippen LogP contribution in [0, 0.1) is 5.92 Å². The van der Waals surface area contributed by atoms with Crippen LogP contribution in [-0.4, -0.2) is 227 Å². The number of unbranched alkanes of at least 4 members (excludes halogenated alkanes) is 7. The second-order valence-electron chi connectivity index (χ2n) is 21.8. The van der Waals surface area contributed by atoms with Gasteiger partial charge in [0.25, 0.3) is 5.56 Å². The monoisotopic (exact) mass is 1180 g/mol. The van der Waals surface area contributed by atoms with Crippen LogP contribution >= 0.6 is 0 Å². The minimum atomic E-state index is -1.97. The fourth-order valence-electron chi connectivity index (χ4n) is 11.0. The molecule has 0 aliphatic carbocycles. The smallest absolute Gasteiger partial charge is 0.330 e. The van der Waals surface area contributed by atoms with E-state index in [-0.39, 0.29) is 25.8 Å². The largest absolute Gasteiger partial charge is 0.480 e. The lowest BCUT2D eigenvalue weighted by Gasteiger charge is -2.43. The maximum Gasteiger partial charge on any atom is 0.330 e. The van der Waals surface area contributed by atoms with Crippen molar-refractivity contribution in [1.82, 2.24) is 19.4 Å². The van der Waals surface area contributed by atoms with Crippen LogP contribution in [0.15, 0.2) is 46.2 Å². The summed E-state index contributed by atoms with van der Waals surface area (Å²) in [7, 11) is 6.87. The predicted molar refractivity (Wildman–Crippen MR) is 293 cm³/mol. The zero-order valence-electron chi connectivity index (χ0n) is 48.8. The van der Waals surface area contributed by atoms with Crippen LogP contribution in [0.25, 0.3) is 0 Å². The highest BCUT2D eigenvalue weighted by molar-refractivity contribution is 5.88. The van der Waals surface area contributed by atoms with Gasteiger partial charge in [-0.25, -0.2) is 9.59 Å². The fraction of sp³-hybridized carbons (Fsp3) is 0.768. The molecule has 5 rings (SSSR count). The fourth-order valence-corrected chi connectivity index (χ4v) is 11.0. The van der Waals surface area contributed by atoms with Gasteiger partial charge in [0, 0.05) is 66.6 Å². The summed E-state index contributed by atoms with van der Waals surface area (Å²) in [5.74, 6) is -5.62. The minimum Gasteiger partial charge on any atom is -0.480 e. The third kappa shape index (κ3) is 18.7. The molecule has 19 atom stereocenters. The van der Waals surface area contributed by atoms with Crippen molar-refractivity contribution >= 4 is 29.8 Å². The summed E-state index contributed by atoms with van der Waals surface area (Å²) in [5.41, 5.74) is 3.95. The Morgan fingerprint density at radius 3 is 2.02 bits per heavy atom. The van der Waals surface area contributed by atoms with Gasteiger partial charge in [-0.2, -0.15) is 0 Å².